The van der Waals surface area contributed by atoms with Crippen molar-refractivity contribution in [3.05, 3.63) is 30.1 Å². The van der Waals surface area contributed by atoms with Crippen LogP contribution in [0.25, 0.3) is 0 Å². The van der Waals surface area contributed by atoms with E-state index in [9.17, 15) is 9.59 Å². The molecule has 2 amide bonds. The highest BCUT2D eigenvalue weighted by molar-refractivity contribution is 5.95. The molecule has 1 saturated heterocycles. The average Bonchev–Trinajstić information content (AvgIpc) is 2.52. The van der Waals surface area contributed by atoms with Crippen LogP contribution < -0.4 is 5.32 Å². The molecule has 112 valence electrons. The number of aromatic nitrogens is 1. The minimum atomic E-state index is -0.338. The second-order valence-corrected chi connectivity index (χ2v) is 5.96. The first-order valence-electron chi connectivity index (χ1n) is 7.72. The third-order valence-corrected chi connectivity index (χ3v) is 4.43. The Kier molecular flexibility index (Phi) is 4.18. The summed E-state index contributed by atoms with van der Waals surface area (Å²) < 4.78 is 0. The van der Waals surface area contributed by atoms with Crippen molar-refractivity contribution in [2.75, 3.05) is 6.54 Å². The van der Waals surface area contributed by atoms with Gasteiger partial charge in [-0.2, -0.15) is 0 Å². The van der Waals surface area contributed by atoms with Crippen LogP contribution in [0, 0.1) is 5.92 Å². The third kappa shape index (κ3) is 3.23. The Morgan fingerprint density at radius 3 is 2.71 bits per heavy atom. The molecular weight excluding hydrogens is 266 g/mol. The van der Waals surface area contributed by atoms with E-state index in [1.807, 2.05) is 18.2 Å². The normalized spacial score (nSPS) is 24.0. The zero-order valence-electron chi connectivity index (χ0n) is 12.1. The van der Waals surface area contributed by atoms with Crippen LogP contribution in [0.4, 0.5) is 0 Å². The van der Waals surface area contributed by atoms with Crippen LogP contribution in [0.5, 0.6) is 0 Å². The molecule has 2 fully saturated rings. The molecule has 1 aliphatic heterocycles. The van der Waals surface area contributed by atoms with Crippen molar-refractivity contribution in [1.29, 1.82) is 0 Å². The van der Waals surface area contributed by atoms with Crippen molar-refractivity contribution < 1.29 is 9.59 Å². The summed E-state index contributed by atoms with van der Waals surface area (Å²) in [5.74, 6) is 0.287. The van der Waals surface area contributed by atoms with E-state index in [2.05, 4.69) is 10.3 Å². The lowest BCUT2D eigenvalue weighted by molar-refractivity contribution is -0.146. The van der Waals surface area contributed by atoms with Crippen molar-refractivity contribution in [3.63, 3.8) is 0 Å². The predicted octanol–water partition coefficient (Wildman–Crippen LogP) is 1.49. The highest BCUT2D eigenvalue weighted by Crippen LogP contribution is 2.28. The van der Waals surface area contributed by atoms with Crippen molar-refractivity contribution in [1.82, 2.24) is 15.2 Å². The van der Waals surface area contributed by atoms with E-state index in [0.29, 0.717) is 12.5 Å². The summed E-state index contributed by atoms with van der Waals surface area (Å²) in [6.45, 7) is 0.551. The van der Waals surface area contributed by atoms with Crippen LogP contribution >= 0.6 is 0 Å². The van der Waals surface area contributed by atoms with E-state index in [-0.39, 0.29) is 24.4 Å². The summed E-state index contributed by atoms with van der Waals surface area (Å²) >= 11 is 0. The summed E-state index contributed by atoms with van der Waals surface area (Å²) in [6, 6.07) is 5.29. The minimum absolute atomic E-state index is 0.0483. The maximum Gasteiger partial charge on any atom is 0.246 e. The number of rotatable bonds is 3. The van der Waals surface area contributed by atoms with Gasteiger partial charge in [-0.1, -0.05) is 25.3 Å². The molecule has 1 aromatic heterocycles. The average molecular weight is 287 g/mol. The summed E-state index contributed by atoms with van der Waals surface area (Å²) in [6.07, 6.45) is 7.34. The zero-order valence-corrected chi connectivity index (χ0v) is 12.1. The molecule has 0 radical (unpaired) electrons. The SMILES string of the molecule is O=C1CN(Cc2ccccn2)C(=O)C(C2CCCCC2)N1. The highest BCUT2D eigenvalue weighted by Gasteiger charge is 2.38. The van der Waals surface area contributed by atoms with Gasteiger partial charge in [-0.05, 0) is 30.9 Å². The Labute approximate surface area is 124 Å². The Morgan fingerprint density at radius 1 is 1.19 bits per heavy atom. The van der Waals surface area contributed by atoms with E-state index < -0.39 is 0 Å². The zero-order chi connectivity index (χ0) is 14.7. The number of carbonyl (C=O) groups excluding carboxylic acids is 2. The Bertz CT molecular complexity index is 512. The standard InChI is InChI=1S/C16H21N3O2/c20-14-11-19(10-13-8-4-5-9-17-13)16(21)15(18-14)12-6-2-1-3-7-12/h4-5,8-9,12,15H,1-3,6-7,10-11H2,(H,18,20). The van der Waals surface area contributed by atoms with Crippen LogP contribution in [0.15, 0.2) is 24.4 Å². The molecule has 2 aliphatic rings. The Hall–Kier alpha value is -1.91. The van der Waals surface area contributed by atoms with Gasteiger partial charge < -0.3 is 10.2 Å². The first-order valence-corrected chi connectivity index (χ1v) is 7.72. The second-order valence-electron chi connectivity index (χ2n) is 5.96. The second kappa shape index (κ2) is 6.24. The number of hydrogen-bond acceptors (Lipinski definition) is 3. The number of amides is 2. The summed E-state index contributed by atoms with van der Waals surface area (Å²) in [4.78, 5) is 30.5. The van der Waals surface area contributed by atoms with E-state index in [4.69, 9.17) is 0 Å². The van der Waals surface area contributed by atoms with E-state index >= 15 is 0 Å². The summed E-state index contributed by atoms with van der Waals surface area (Å²) in [5, 5.41) is 2.90. The number of hydrogen-bond donors (Lipinski definition) is 1. The molecule has 0 spiro atoms. The van der Waals surface area contributed by atoms with Crippen molar-refractivity contribution in [2.24, 2.45) is 5.92 Å². The van der Waals surface area contributed by atoms with E-state index in [0.717, 1.165) is 31.4 Å². The molecule has 1 atom stereocenters. The van der Waals surface area contributed by atoms with Crippen molar-refractivity contribution >= 4 is 11.8 Å². The van der Waals surface area contributed by atoms with Crippen LogP contribution in [0.2, 0.25) is 0 Å². The number of piperazine rings is 1. The fourth-order valence-electron chi connectivity index (χ4n) is 3.34. The molecule has 3 rings (SSSR count). The van der Waals surface area contributed by atoms with Gasteiger partial charge in [0.05, 0.1) is 12.2 Å². The van der Waals surface area contributed by atoms with Crippen molar-refractivity contribution in [3.8, 4) is 0 Å². The summed E-state index contributed by atoms with van der Waals surface area (Å²) in [7, 11) is 0. The molecule has 21 heavy (non-hydrogen) atoms. The van der Waals surface area contributed by atoms with E-state index in [1.54, 1.807) is 11.1 Å². The molecule has 1 saturated carbocycles. The molecular formula is C16H21N3O2. The van der Waals surface area contributed by atoms with Gasteiger partial charge in [0.2, 0.25) is 11.8 Å². The van der Waals surface area contributed by atoms with Crippen LogP contribution in [-0.2, 0) is 16.1 Å². The lowest BCUT2D eigenvalue weighted by Crippen LogP contribution is -2.60. The van der Waals surface area contributed by atoms with Crippen LogP contribution in [0.1, 0.15) is 37.8 Å². The van der Waals surface area contributed by atoms with E-state index in [1.165, 1.54) is 6.42 Å². The topological polar surface area (TPSA) is 62.3 Å². The number of nitrogens with zero attached hydrogens (tertiary/aromatic N) is 2. The molecule has 1 aromatic rings. The lowest BCUT2D eigenvalue weighted by Gasteiger charge is -2.37. The maximum absolute atomic E-state index is 12.7. The van der Waals surface area contributed by atoms with Crippen molar-refractivity contribution in [2.45, 2.75) is 44.7 Å². The van der Waals surface area contributed by atoms with Crippen LogP contribution in [0.3, 0.4) is 0 Å². The van der Waals surface area contributed by atoms with Gasteiger partial charge in [-0.15, -0.1) is 0 Å². The van der Waals surface area contributed by atoms with Gasteiger partial charge >= 0.3 is 0 Å². The van der Waals surface area contributed by atoms with Gasteiger partial charge in [0.25, 0.3) is 0 Å². The van der Waals surface area contributed by atoms with Crippen LogP contribution in [-0.4, -0.2) is 34.3 Å². The largest absolute Gasteiger partial charge is 0.342 e. The summed E-state index contributed by atoms with van der Waals surface area (Å²) in [5.41, 5.74) is 0.822. The maximum atomic E-state index is 12.7. The monoisotopic (exact) mass is 287 g/mol. The van der Waals surface area contributed by atoms with Gasteiger partial charge in [0, 0.05) is 6.20 Å². The molecule has 0 bridgehead atoms. The first kappa shape index (κ1) is 14.0. The smallest absolute Gasteiger partial charge is 0.246 e. The molecule has 1 unspecified atom stereocenters. The third-order valence-electron chi connectivity index (χ3n) is 4.43. The van der Waals surface area contributed by atoms with Gasteiger partial charge in [-0.3, -0.25) is 14.6 Å². The quantitative estimate of drug-likeness (QED) is 0.916. The minimum Gasteiger partial charge on any atom is -0.342 e. The lowest BCUT2D eigenvalue weighted by atomic mass is 9.82. The number of nitrogens with one attached hydrogen (secondary N) is 1. The first-order chi connectivity index (χ1) is 10.2. The van der Waals surface area contributed by atoms with Gasteiger partial charge in [-0.25, -0.2) is 0 Å². The molecule has 5 nitrogen and oxygen atoms in total. The highest BCUT2D eigenvalue weighted by atomic mass is 16.2. The fraction of sp³-hybridized carbons (Fsp3) is 0.562. The molecule has 5 heteroatoms. The Morgan fingerprint density at radius 2 is 2.00 bits per heavy atom. The fourth-order valence-corrected chi connectivity index (χ4v) is 3.34. The molecule has 0 aromatic carbocycles. The van der Waals surface area contributed by atoms with Gasteiger partial charge in [0.1, 0.15) is 12.6 Å². The number of pyridine rings is 1. The predicted molar refractivity (Wildman–Crippen MR) is 78.2 cm³/mol. The number of carbonyl (C=O) groups is 2. The molecule has 2 heterocycles. The molecule has 1 N–H and O–H groups in total. The van der Waals surface area contributed by atoms with Gasteiger partial charge in [0.15, 0.2) is 0 Å². The Balaban J connectivity index is 1.72. The molecule has 1 aliphatic carbocycles.